The number of alkyl halides is 2. The highest BCUT2D eigenvalue weighted by Crippen LogP contribution is 2.37. The van der Waals surface area contributed by atoms with Crippen LogP contribution >= 0.6 is 0 Å². The lowest BCUT2D eigenvalue weighted by atomic mass is 9.90. The molecule has 198 valence electrons. The van der Waals surface area contributed by atoms with Crippen LogP contribution in [0, 0.1) is 0 Å². The minimum absolute atomic E-state index is 0.0835. The van der Waals surface area contributed by atoms with E-state index in [1.165, 1.54) is 23.5 Å². The summed E-state index contributed by atoms with van der Waals surface area (Å²) in [6, 6.07) is 12.2. The first-order valence-corrected chi connectivity index (χ1v) is 13.9. The highest BCUT2D eigenvalue weighted by molar-refractivity contribution is 7.89. The van der Waals surface area contributed by atoms with Crippen LogP contribution in [0.3, 0.4) is 0 Å². The molecule has 0 spiro atoms. The summed E-state index contributed by atoms with van der Waals surface area (Å²) < 4.78 is 66.8. The fourth-order valence-electron chi connectivity index (χ4n) is 5.37. The Hall–Kier alpha value is -2.98. The Morgan fingerprint density at radius 2 is 1.84 bits per heavy atom. The van der Waals surface area contributed by atoms with Crippen LogP contribution in [0.5, 0.6) is 5.75 Å². The highest BCUT2D eigenvalue weighted by Gasteiger charge is 2.44. The molecule has 0 bridgehead atoms. The predicted molar refractivity (Wildman–Crippen MR) is 134 cm³/mol. The van der Waals surface area contributed by atoms with E-state index >= 15 is 0 Å². The number of carbonyl (C=O) groups excluding carboxylic acids is 1. The van der Waals surface area contributed by atoms with Crippen molar-refractivity contribution < 1.29 is 31.1 Å². The van der Waals surface area contributed by atoms with Gasteiger partial charge < -0.3 is 14.1 Å². The largest absolute Gasteiger partial charge is 0.497 e. The van der Waals surface area contributed by atoms with Gasteiger partial charge in [0.25, 0.3) is 0 Å². The van der Waals surface area contributed by atoms with Crippen LogP contribution in [-0.4, -0.2) is 55.2 Å². The molecule has 7 nitrogen and oxygen atoms in total. The van der Waals surface area contributed by atoms with E-state index < -0.39 is 28.0 Å². The molecule has 0 N–H and O–H groups in total. The number of halogens is 2. The zero-order chi connectivity index (χ0) is 26.2. The fourth-order valence-corrected chi connectivity index (χ4v) is 7.02. The maximum Gasteiger partial charge on any atom is 0.248 e. The number of nitrogens with zero attached hydrogens (tertiary/aromatic N) is 2. The van der Waals surface area contributed by atoms with Gasteiger partial charge >= 0.3 is 0 Å². The molecule has 1 saturated carbocycles. The second-order valence-corrected chi connectivity index (χ2v) is 11.7. The number of ether oxygens (including phenoxy) is 1. The first-order chi connectivity index (χ1) is 17.7. The van der Waals surface area contributed by atoms with E-state index in [-0.39, 0.29) is 49.6 Å². The van der Waals surface area contributed by atoms with E-state index in [2.05, 4.69) is 0 Å². The van der Waals surface area contributed by atoms with E-state index in [9.17, 15) is 22.0 Å². The minimum Gasteiger partial charge on any atom is -0.497 e. The van der Waals surface area contributed by atoms with Gasteiger partial charge in [-0.25, -0.2) is 17.2 Å². The number of carbonyl (C=O) groups is 1. The predicted octanol–water partition coefficient (Wildman–Crippen LogP) is 5.20. The van der Waals surface area contributed by atoms with Crippen LogP contribution in [0.2, 0.25) is 0 Å². The van der Waals surface area contributed by atoms with Crippen molar-refractivity contribution in [3.05, 3.63) is 60.4 Å². The molecule has 0 radical (unpaired) electrons. The number of fused-ring (bicyclic) bond motifs is 1. The van der Waals surface area contributed by atoms with Crippen molar-refractivity contribution in [3.8, 4) is 5.75 Å². The molecule has 3 aromatic rings. The summed E-state index contributed by atoms with van der Waals surface area (Å²) in [5.41, 5.74) is 1.47. The first kappa shape index (κ1) is 25.7. The van der Waals surface area contributed by atoms with E-state index in [0.717, 1.165) is 10.9 Å². The maximum absolute atomic E-state index is 14.0. The Bertz CT molecular complexity index is 1360. The Labute approximate surface area is 215 Å². The maximum atomic E-state index is 14.0. The van der Waals surface area contributed by atoms with Crippen molar-refractivity contribution in [1.29, 1.82) is 0 Å². The molecule has 2 aromatic carbocycles. The standard InChI is InChI=1S/C27H30F2N2O5S/c1-35-22-6-8-23(9-7-22)37(33,34)31-15-2-3-24(31)26(32)30(21-10-13-27(28,29)14-11-21)18-19-4-5-20-12-16-36-25(20)17-19/h4-9,12,16-17,21,24H,2-3,10-11,13-15,18H2,1H3/t24-/m0/s1. The molecular formula is C27H30F2N2O5S. The van der Waals surface area contributed by atoms with Crippen molar-refractivity contribution >= 4 is 26.9 Å². The molecule has 1 aliphatic heterocycles. The number of furan rings is 1. The molecule has 2 heterocycles. The van der Waals surface area contributed by atoms with Gasteiger partial charge in [0.2, 0.25) is 21.9 Å². The minimum atomic E-state index is -3.94. The summed E-state index contributed by atoms with van der Waals surface area (Å²) >= 11 is 0. The Morgan fingerprint density at radius 3 is 2.54 bits per heavy atom. The third-order valence-electron chi connectivity index (χ3n) is 7.44. The molecule has 0 unspecified atom stereocenters. The molecule has 1 saturated heterocycles. The van der Waals surface area contributed by atoms with Crippen molar-refractivity contribution in [3.63, 3.8) is 0 Å². The summed E-state index contributed by atoms with van der Waals surface area (Å²) in [6.45, 7) is 0.415. The molecule has 37 heavy (non-hydrogen) atoms. The third-order valence-corrected chi connectivity index (χ3v) is 9.36. The van der Waals surface area contributed by atoms with Gasteiger partial charge in [0.15, 0.2) is 0 Å². The topological polar surface area (TPSA) is 80.1 Å². The smallest absolute Gasteiger partial charge is 0.248 e. The monoisotopic (exact) mass is 532 g/mol. The highest BCUT2D eigenvalue weighted by atomic mass is 32.2. The number of rotatable bonds is 7. The lowest BCUT2D eigenvalue weighted by molar-refractivity contribution is -0.141. The summed E-state index contributed by atoms with van der Waals surface area (Å²) in [5.74, 6) is -2.55. The van der Waals surface area contributed by atoms with Crippen LogP contribution in [0.15, 0.2) is 64.1 Å². The van der Waals surface area contributed by atoms with Crippen LogP contribution in [0.4, 0.5) is 8.78 Å². The average molecular weight is 533 g/mol. The van der Waals surface area contributed by atoms with Crippen LogP contribution < -0.4 is 4.74 Å². The SMILES string of the molecule is COc1ccc(S(=O)(=O)N2CCC[C@H]2C(=O)N(Cc2ccc3ccoc3c2)C2CCC(F)(F)CC2)cc1. The number of benzene rings is 2. The average Bonchev–Trinajstić information content (AvgIpc) is 3.57. The van der Waals surface area contributed by atoms with Gasteiger partial charge in [0, 0.05) is 37.4 Å². The molecule has 10 heteroatoms. The second kappa shape index (κ2) is 10.1. The third kappa shape index (κ3) is 5.22. The van der Waals surface area contributed by atoms with E-state index in [4.69, 9.17) is 9.15 Å². The van der Waals surface area contributed by atoms with Gasteiger partial charge in [-0.2, -0.15) is 4.31 Å². The van der Waals surface area contributed by atoms with Gasteiger partial charge in [0.05, 0.1) is 18.3 Å². The second-order valence-electron chi connectivity index (χ2n) is 9.80. The molecule has 1 aromatic heterocycles. The summed E-state index contributed by atoms with van der Waals surface area (Å²) in [7, 11) is -2.44. The normalized spacial score (nSPS) is 20.8. The molecule has 1 aliphatic carbocycles. The van der Waals surface area contributed by atoms with Crippen molar-refractivity contribution in [2.45, 2.75) is 68.0 Å². The number of methoxy groups -OCH3 is 1. The van der Waals surface area contributed by atoms with E-state index in [1.807, 2.05) is 24.3 Å². The number of hydrogen-bond acceptors (Lipinski definition) is 5. The van der Waals surface area contributed by atoms with Crippen molar-refractivity contribution in [2.24, 2.45) is 0 Å². The number of amides is 1. The molecule has 2 aliphatic rings. The van der Waals surface area contributed by atoms with Crippen molar-refractivity contribution in [1.82, 2.24) is 9.21 Å². The van der Waals surface area contributed by atoms with Gasteiger partial charge in [-0.3, -0.25) is 4.79 Å². The lowest BCUT2D eigenvalue weighted by Crippen LogP contribution is -2.52. The van der Waals surface area contributed by atoms with E-state index in [0.29, 0.717) is 24.2 Å². The molecule has 5 rings (SSSR count). The fraction of sp³-hybridized carbons (Fsp3) is 0.444. The van der Waals surface area contributed by atoms with Crippen LogP contribution in [0.1, 0.15) is 44.1 Å². The van der Waals surface area contributed by atoms with Gasteiger partial charge in [-0.1, -0.05) is 12.1 Å². The molecule has 1 amide bonds. The Balaban J connectivity index is 1.43. The molecular weight excluding hydrogens is 502 g/mol. The zero-order valence-electron chi connectivity index (χ0n) is 20.6. The molecule has 1 atom stereocenters. The Kier molecular flexibility index (Phi) is 6.97. The molecule has 2 fully saturated rings. The quantitative estimate of drug-likeness (QED) is 0.418. The lowest BCUT2D eigenvalue weighted by Gasteiger charge is -2.39. The first-order valence-electron chi connectivity index (χ1n) is 12.5. The summed E-state index contributed by atoms with van der Waals surface area (Å²) in [4.78, 5) is 15.7. The van der Waals surface area contributed by atoms with Crippen molar-refractivity contribution in [2.75, 3.05) is 13.7 Å². The summed E-state index contributed by atoms with van der Waals surface area (Å²) in [6.07, 6.45) is 2.25. The van der Waals surface area contributed by atoms with Gasteiger partial charge in [0.1, 0.15) is 17.4 Å². The Morgan fingerprint density at radius 1 is 1.11 bits per heavy atom. The van der Waals surface area contributed by atoms with Crippen LogP contribution in [0.25, 0.3) is 11.0 Å². The number of sulfonamides is 1. The van der Waals surface area contributed by atoms with Gasteiger partial charge in [-0.15, -0.1) is 0 Å². The van der Waals surface area contributed by atoms with E-state index in [1.54, 1.807) is 23.3 Å². The summed E-state index contributed by atoms with van der Waals surface area (Å²) in [5, 5.41) is 0.923. The van der Waals surface area contributed by atoms with Gasteiger partial charge in [-0.05, 0) is 67.6 Å². The number of hydrogen-bond donors (Lipinski definition) is 0. The zero-order valence-corrected chi connectivity index (χ0v) is 21.4. The van der Waals surface area contributed by atoms with Crippen LogP contribution in [-0.2, 0) is 21.4 Å².